The van der Waals surface area contributed by atoms with Crippen LogP contribution in [0.3, 0.4) is 0 Å². The molecule has 2 aliphatic heterocycles. The Hall–Kier alpha value is -6.37. The van der Waals surface area contributed by atoms with Gasteiger partial charge in [0.05, 0.1) is 46.1 Å². The van der Waals surface area contributed by atoms with E-state index in [-0.39, 0.29) is 30.0 Å². The molecule has 1 unspecified atom stereocenters. The Bertz CT molecular complexity index is 2680. The van der Waals surface area contributed by atoms with Gasteiger partial charge in [0.15, 0.2) is 0 Å². The minimum Gasteiger partial charge on any atom is -0.319 e. The van der Waals surface area contributed by atoms with Crippen LogP contribution in [-0.4, -0.2) is 100 Å². The molecular weight excluding hydrogens is 747 g/mol. The van der Waals surface area contributed by atoms with E-state index in [1.807, 2.05) is 77.2 Å². The third kappa shape index (κ3) is 7.69. The first kappa shape index (κ1) is 38.2. The van der Waals surface area contributed by atoms with E-state index in [1.165, 1.54) is 4.57 Å². The molecule has 6 aromatic rings. The SMILES string of the molecule is Cc1ccc(-c2nn(C3CCC(CN4CCN(CC#Cc5cccc6c5n(C)c(=O)n6C5CCC(=O)NC5=O)CC4)CC3)cc2NC(=O)c2ccn3cccnc23)nc1. The molecule has 15 heteroatoms. The third-order valence-electron chi connectivity index (χ3n) is 12.1. The summed E-state index contributed by atoms with van der Waals surface area (Å²) in [5, 5.41) is 10.5. The number of aromatic nitrogens is 7. The summed E-state index contributed by atoms with van der Waals surface area (Å²) in [6.07, 6.45) is 13.9. The first-order chi connectivity index (χ1) is 28.7. The molecule has 3 aliphatic rings. The summed E-state index contributed by atoms with van der Waals surface area (Å²) in [4.78, 5) is 65.2. The van der Waals surface area contributed by atoms with Crippen LogP contribution in [0.5, 0.6) is 0 Å². The number of imide groups is 1. The zero-order chi connectivity index (χ0) is 40.6. The van der Waals surface area contributed by atoms with Crippen LogP contribution in [0.15, 0.2) is 78.2 Å². The summed E-state index contributed by atoms with van der Waals surface area (Å²) in [6, 6.07) is 12.7. The van der Waals surface area contributed by atoms with Gasteiger partial charge in [-0.1, -0.05) is 24.0 Å². The van der Waals surface area contributed by atoms with Crippen LogP contribution < -0.4 is 16.3 Å². The molecule has 302 valence electrons. The van der Waals surface area contributed by atoms with Gasteiger partial charge in [0, 0.05) is 77.2 Å². The number of hydrogen-bond donors (Lipinski definition) is 2. The number of carbonyl (C=O) groups excluding carboxylic acids is 3. The number of carbonyl (C=O) groups is 3. The van der Waals surface area contributed by atoms with Crippen LogP contribution in [0, 0.1) is 24.7 Å². The lowest BCUT2D eigenvalue weighted by atomic mass is 9.85. The fourth-order valence-electron chi connectivity index (χ4n) is 8.88. The molecule has 15 nitrogen and oxygen atoms in total. The summed E-state index contributed by atoms with van der Waals surface area (Å²) < 4.78 is 6.91. The van der Waals surface area contributed by atoms with Gasteiger partial charge in [0.1, 0.15) is 17.4 Å². The van der Waals surface area contributed by atoms with Crippen molar-refractivity contribution in [2.24, 2.45) is 13.0 Å². The maximum absolute atomic E-state index is 13.5. The van der Waals surface area contributed by atoms with E-state index in [0.29, 0.717) is 52.5 Å². The second-order valence-electron chi connectivity index (χ2n) is 16.0. The maximum atomic E-state index is 13.5. The fourth-order valence-corrected chi connectivity index (χ4v) is 8.88. The standard InChI is InChI=1S/C44H47N11O4/c1-29-9-14-34(46-26-29)39-35(47-42(57)33-17-21-53-20-5-18-45-41(33)53)28-54(49-39)32-12-10-30(11-13-32)27-52-24-22-51(23-25-52)19-4-7-31-6-3-8-36-40(31)50(2)44(59)55(36)37-15-16-38(56)48-43(37)58/h3,5-6,8-9,14,17-18,20-21,26,28,30,32,37H,10-13,15-16,19,22-25,27H2,1-2H3,(H,47,57)(H,48,56,58). The number of fused-ring (bicyclic) bond motifs is 2. The maximum Gasteiger partial charge on any atom is 0.329 e. The van der Waals surface area contributed by atoms with E-state index >= 15 is 0 Å². The number of nitrogens with one attached hydrogen (secondary N) is 2. The van der Waals surface area contributed by atoms with Crippen molar-refractivity contribution in [1.82, 2.24) is 48.4 Å². The second-order valence-corrected chi connectivity index (χ2v) is 16.0. The van der Waals surface area contributed by atoms with Gasteiger partial charge in [-0.05, 0) is 80.8 Å². The summed E-state index contributed by atoms with van der Waals surface area (Å²) in [5.74, 6) is 6.26. The molecule has 9 rings (SSSR count). The molecule has 1 aliphatic carbocycles. The zero-order valence-electron chi connectivity index (χ0n) is 33.3. The van der Waals surface area contributed by atoms with E-state index in [9.17, 15) is 19.2 Å². The number of anilines is 1. The molecule has 1 atom stereocenters. The molecule has 0 spiro atoms. The predicted octanol–water partition coefficient (Wildman–Crippen LogP) is 4.19. The Kier molecular flexibility index (Phi) is 10.4. The van der Waals surface area contributed by atoms with Gasteiger partial charge in [-0.3, -0.25) is 43.4 Å². The topological polar surface area (TPSA) is 157 Å². The van der Waals surface area contributed by atoms with E-state index < -0.39 is 11.9 Å². The number of benzene rings is 1. The molecule has 2 N–H and O–H groups in total. The zero-order valence-corrected chi connectivity index (χ0v) is 33.3. The van der Waals surface area contributed by atoms with Crippen molar-refractivity contribution in [3.8, 4) is 23.2 Å². The summed E-state index contributed by atoms with van der Waals surface area (Å²) in [5.41, 5.74) is 5.95. The van der Waals surface area contributed by atoms with Crippen LogP contribution in [0.2, 0.25) is 0 Å². The highest BCUT2D eigenvalue weighted by molar-refractivity contribution is 6.09. The van der Waals surface area contributed by atoms with Crippen molar-refractivity contribution in [2.45, 2.75) is 57.5 Å². The van der Waals surface area contributed by atoms with Gasteiger partial charge >= 0.3 is 5.69 Å². The number of hydrogen-bond acceptors (Lipinski definition) is 9. The van der Waals surface area contributed by atoms with Crippen LogP contribution in [-0.2, 0) is 16.6 Å². The van der Waals surface area contributed by atoms with Gasteiger partial charge in [-0.2, -0.15) is 5.10 Å². The molecule has 59 heavy (non-hydrogen) atoms. The fraction of sp³-hybridized carbons (Fsp3) is 0.386. The monoisotopic (exact) mass is 793 g/mol. The highest BCUT2D eigenvalue weighted by Crippen LogP contribution is 2.36. The van der Waals surface area contributed by atoms with Crippen molar-refractivity contribution in [3.05, 3.63) is 101 Å². The number of piperidine rings is 1. The van der Waals surface area contributed by atoms with Gasteiger partial charge in [0.2, 0.25) is 11.8 Å². The molecule has 1 aromatic carbocycles. The van der Waals surface area contributed by atoms with Crippen molar-refractivity contribution in [1.29, 1.82) is 0 Å². The Balaban J connectivity index is 0.796. The molecule has 3 fully saturated rings. The Morgan fingerprint density at radius 1 is 0.932 bits per heavy atom. The molecule has 0 bridgehead atoms. The Morgan fingerprint density at radius 3 is 2.53 bits per heavy atom. The minimum absolute atomic E-state index is 0.199. The lowest BCUT2D eigenvalue weighted by Gasteiger charge is -2.37. The molecule has 5 aromatic heterocycles. The average molecular weight is 794 g/mol. The van der Waals surface area contributed by atoms with Crippen LogP contribution >= 0.6 is 0 Å². The highest BCUT2D eigenvalue weighted by Gasteiger charge is 2.32. The predicted molar refractivity (Wildman–Crippen MR) is 223 cm³/mol. The van der Waals surface area contributed by atoms with E-state index in [4.69, 9.17) is 5.10 Å². The minimum atomic E-state index is -0.727. The molecule has 3 amide bonds. The van der Waals surface area contributed by atoms with Gasteiger partial charge < -0.3 is 14.6 Å². The number of imidazole rings is 1. The van der Waals surface area contributed by atoms with Gasteiger partial charge in [-0.25, -0.2) is 9.78 Å². The Labute approximate surface area is 341 Å². The summed E-state index contributed by atoms with van der Waals surface area (Å²) in [7, 11) is 1.70. The van der Waals surface area contributed by atoms with Gasteiger partial charge in [-0.15, -0.1) is 0 Å². The molecule has 0 radical (unpaired) electrons. The smallest absolute Gasteiger partial charge is 0.319 e. The number of para-hydroxylation sites is 1. The number of rotatable bonds is 8. The summed E-state index contributed by atoms with van der Waals surface area (Å²) >= 11 is 0. The number of aryl methyl sites for hydroxylation is 2. The molecular formula is C44H47N11O4. The van der Waals surface area contributed by atoms with Crippen molar-refractivity contribution >= 4 is 40.1 Å². The Morgan fingerprint density at radius 2 is 1.75 bits per heavy atom. The van der Waals surface area contributed by atoms with Gasteiger partial charge in [0.25, 0.3) is 5.91 Å². The second kappa shape index (κ2) is 16.1. The average Bonchev–Trinajstić information content (AvgIpc) is 3.94. The van der Waals surface area contributed by atoms with Crippen molar-refractivity contribution < 1.29 is 14.4 Å². The third-order valence-corrected chi connectivity index (χ3v) is 12.1. The number of piperazine rings is 1. The number of amides is 3. The van der Waals surface area contributed by atoms with Crippen molar-refractivity contribution in [3.63, 3.8) is 0 Å². The number of pyridine rings is 1. The van der Waals surface area contributed by atoms with Crippen molar-refractivity contribution in [2.75, 3.05) is 44.6 Å². The summed E-state index contributed by atoms with van der Waals surface area (Å²) in [6.45, 7) is 7.55. The molecule has 2 saturated heterocycles. The van der Waals surface area contributed by atoms with Crippen LogP contribution in [0.25, 0.3) is 28.1 Å². The molecule has 7 heterocycles. The normalized spacial score (nSPS) is 20.4. The van der Waals surface area contributed by atoms with Crippen LogP contribution in [0.4, 0.5) is 5.69 Å². The highest BCUT2D eigenvalue weighted by atomic mass is 16.2. The largest absolute Gasteiger partial charge is 0.329 e. The van der Waals surface area contributed by atoms with E-state index in [1.54, 1.807) is 23.9 Å². The first-order valence-corrected chi connectivity index (χ1v) is 20.4. The van der Waals surface area contributed by atoms with E-state index in [0.717, 1.165) is 75.2 Å². The van der Waals surface area contributed by atoms with E-state index in [2.05, 4.69) is 42.2 Å². The lowest BCUT2D eigenvalue weighted by Crippen LogP contribution is -2.48. The number of nitrogens with zero attached hydrogens (tertiary/aromatic N) is 9. The quantitative estimate of drug-likeness (QED) is 0.171. The lowest BCUT2D eigenvalue weighted by molar-refractivity contribution is -0.135. The van der Waals surface area contributed by atoms with Crippen LogP contribution in [0.1, 0.15) is 72.1 Å². The molecule has 1 saturated carbocycles. The first-order valence-electron chi connectivity index (χ1n) is 20.4.